The first-order chi connectivity index (χ1) is 5.66. The Kier molecular flexibility index (Phi) is 7.51. The van der Waals surface area contributed by atoms with Gasteiger partial charge in [0.25, 0.3) is 0 Å². The summed E-state index contributed by atoms with van der Waals surface area (Å²) in [5, 5.41) is 3.33. The molecule has 0 rings (SSSR count). The van der Waals surface area contributed by atoms with E-state index in [0.717, 1.165) is 19.7 Å². The fourth-order valence-corrected chi connectivity index (χ4v) is 0.898. The average molecular weight is 173 g/mol. The zero-order chi connectivity index (χ0) is 9.40. The van der Waals surface area contributed by atoms with Crippen LogP contribution in [0.15, 0.2) is 0 Å². The summed E-state index contributed by atoms with van der Waals surface area (Å²) in [4.78, 5) is 0. The van der Waals surface area contributed by atoms with Crippen LogP contribution in [0.3, 0.4) is 0 Å². The summed E-state index contributed by atoms with van der Waals surface area (Å²) in [5.74, 6) is 0.638. The molecule has 74 valence electrons. The molecule has 0 aromatic carbocycles. The van der Waals surface area contributed by atoms with Crippen LogP contribution in [0.25, 0.3) is 0 Å². The van der Waals surface area contributed by atoms with Crippen LogP contribution < -0.4 is 5.32 Å². The van der Waals surface area contributed by atoms with Crippen molar-refractivity contribution in [3.8, 4) is 0 Å². The third-order valence-corrected chi connectivity index (χ3v) is 1.57. The smallest absolute Gasteiger partial charge is 0.0671 e. The van der Waals surface area contributed by atoms with Gasteiger partial charge in [-0.2, -0.15) is 0 Å². The molecule has 0 aromatic heterocycles. The van der Waals surface area contributed by atoms with Crippen molar-refractivity contribution in [2.45, 2.75) is 40.2 Å². The van der Waals surface area contributed by atoms with Gasteiger partial charge in [-0.3, -0.25) is 0 Å². The van der Waals surface area contributed by atoms with E-state index in [0.29, 0.717) is 12.0 Å². The fourth-order valence-electron chi connectivity index (χ4n) is 0.898. The van der Waals surface area contributed by atoms with Crippen molar-refractivity contribution < 1.29 is 4.74 Å². The minimum Gasteiger partial charge on any atom is -0.377 e. The molecule has 2 heteroatoms. The van der Waals surface area contributed by atoms with Gasteiger partial charge in [0.05, 0.1) is 6.10 Å². The van der Waals surface area contributed by atoms with E-state index in [-0.39, 0.29) is 0 Å². The Balaban J connectivity index is 3.15. The molecular formula is C10H23NO. The van der Waals surface area contributed by atoms with Gasteiger partial charge >= 0.3 is 0 Å². The SMILES string of the molecule is CCCNCC(C)OCC(C)C. The maximum absolute atomic E-state index is 5.59. The highest BCUT2D eigenvalue weighted by Crippen LogP contribution is 1.96. The van der Waals surface area contributed by atoms with E-state index in [4.69, 9.17) is 4.74 Å². The van der Waals surface area contributed by atoms with E-state index in [9.17, 15) is 0 Å². The van der Waals surface area contributed by atoms with Crippen LogP contribution in [-0.2, 0) is 4.74 Å². The molecule has 0 aliphatic heterocycles. The van der Waals surface area contributed by atoms with Crippen LogP contribution in [0.4, 0.5) is 0 Å². The molecule has 1 N–H and O–H groups in total. The first-order valence-corrected chi connectivity index (χ1v) is 4.99. The predicted octanol–water partition coefficient (Wildman–Crippen LogP) is 2.05. The number of rotatable bonds is 7. The van der Waals surface area contributed by atoms with Crippen LogP contribution in [-0.4, -0.2) is 25.8 Å². The summed E-state index contributed by atoms with van der Waals surface area (Å²) in [5.41, 5.74) is 0. The van der Waals surface area contributed by atoms with Gasteiger partial charge in [0, 0.05) is 13.2 Å². The van der Waals surface area contributed by atoms with Crippen molar-refractivity contribution in [3.05, 3.63) is 0 Å². The van der Waals surface area contributed by atoms with Crippen LogP contribution in [0.5, 0.6) is 0 Å². The number of hydrogen-bond acceptors (Lipinski definition) is 2. The molecule has 0 heterocycles. The fraction of sp³-hybridized carbons (Fsp3) is 1.00. The summed E-state index contributed by atoms with van der Waals surface area (Å²) in [6.07, 6.45) is 1.54. The molecule has 2 nitrogen and oxygen atoms in total. The highest BCUT2D eigenvalue weighted by molar-refractivity contribution is 4.55. The second kappa shape index (κ2) is 7.56. The van der Waals surface area contributed by atoms with E-state index in [2.05, 4.69) is 33.0 Å². The van der Waals surface area contributed by atoms with Crippen LogP contribution in [0.1, 0.15) is 34.1 Å². The molecule has 0 aliphatic carbocycles. The molecule has 0 amide bonds. The zero-order valence-electron chi connectivity index (χ0n) is 8.89. The molecule has 0 radical (unpaired) electrons. The van der Waals surface area contributed by atoms with E-state index >= 15 is 0 Å². The molecule has 0 fully saturated rings. The highest BCUT2D eigenvalue weighted by atomic mass is 16.5. The topological polar surface area (TPSA) is 21.3 Å². The summed E-state index contributed by atoms with van der Waals surface area (Å²) >= 11 is 0. The van der Waals surface area contributed by atoms with Crippen molar-refractivity contribution in [1.82, 2.24) is 5.32 Å². The highest BCUT2D eigenvalue weighted by Gasteiger charge is 2.01. The lowest BCUT2D eigenvalue weighted by Gasteiger charge is -2.15. The monoisotopic (exact) mass is 173 g/mol. The molecule has 0 aromatic rings. The maximum atomic E-state index is 5.59. The van der Waals surface area contributed by atoms with E-state index in [1.165, 1.54) is 6.42 Å². The van der Waals surface area contributed by atoms with Gasteiger partial charge in [-0.25, -0.2) is 0 Å². The Hall–Kier alpha value is -0.0800. The standard InChI is InChI=1S/C10H23NO/c1-5-6-11-7-10(4)12-8-9(2)3/h9-11H,5-8H2,1-4H3. The predicted molar refractivity (Wildman–Crippen MR) is 53.4 cm³/mol. The quantitative estimate of drug-likeness (QED) is 0.595. The molecule has 1 unspecified atom stereocenters. The Morgan fingerprint density at radius 2 is 1.92 bits per heavy atom. The van der Waals surface area contributed by atoms with Gasteiger partial charge in [-0.15, -0.1) is 0 Å². The number of nitrogens with one attached hydrogen (secondary N) is 1. The molecule has 12 heavy (non-hydrogen) atoms. The minimum absolute atomic E-state index is 0.346. The lowest BCUT2D eigenvalue weighted by atomic mass is 10.2. The molecule has 0 saturated carbocycles. The molecule has 0 saturated heterocycles. The van der Waals surface area contributed by atoms with E-state index < -0.39 is 0 Å². The lowest BCUT2D eigenvalue weighted by Crippen LogP contribution is -2.28. The van der Waals surface area contributed by atoms with Crippen molar-refractivity contribution in [3.63, 3.8) is 0 Å². The zero-order valence-corrected chi connectivity index (χ0v) is 8.89. The van der Waals surface area contributed by atoms with Crippen molar-refractivity contribution >= 4 is 0 Å². The van der Waals surface area contributed by atoms with Crippen molar-refractivity contribution in [1.29, 1.82) is 0 Å². The van der Waals surface area contributed by atoms with Gasteiger partial charge in [0.2, 0.25) is 0 Å². The van der Waals surface area contributed by atoms with Crippen molar-refractivity contribution in [2.24, 2.45) is 5.92 Å². The molecular weight excluding hydrogens is 150 g/mol. The summed E-state index contributed by atoms with van der Waals surface area (Å²) < 4.78 is 5.59. The molecule has 0 bridgehead atoms. The van der Waals surface area contributed by atoms with E-state index in [1.807, 2.05) is 0 Å². The third kappa shape index (κ3) is 8.02. The Morgan fingerprint density at radius 1 is 1.25 bits per heavy atom. The van der Waals surface area contributed by atoms with Crippen molar-refractivity contribution in [2.75, 3.05) is 19.7 Å². The second-order valence-corrected chi connectivity index (χ2v) is 3.74. The lowest BCUT2D eigenvalue weighted by molar-refractivity contribution is 0.0479. The summed E-state index contributed by atoms with van der Waals surface area (Å²) in [6, 6.07) is 0. The van der Waals surface area contributed by atoms with Gasteiger partial charge in [-0.05, 0) is 25.8 Å². The third-order valence-electron chi connectivity index (χ3n) is 1.57. The maximum Gasteiger partial charge on any atom is 0.0671 e. The second-order valence-electron chi connectivity index (χ2n) is 3.74. The van der Waals surface area contributed by atoms with Crippen LogP contribution in [0.2, 0.25) is 0 Å². The number of hydrogen-bond donors (Lipinski definition) is 1. The summed E-state index contributed by atoms with van der Waals surface area (Å²) in [7, 11) is 0. The normalized spacial score (nSPS) is 13.8. The molecule has 0 spiro atoms. The van der Waals surface area contributed by atoms with Gasteiger partial charge < -0.3 is 10.1 Å². The largest absolute Gasteiger partial charge is 0.377 e. The first kappa shape index (κ1) is 11.9. The average Bonchev–Trinajstić information content (AvgIpc) is 2.01. The molecule has 0 aliphatic rings. The first-order valence-electron chi connectivity index (χ1n) is 4.99. The van der Waals surface area contributed by atoms with Crippen LogP contribution >= 0.6 is 0 Å². The van der Waals surface area contributed by atoms with Crippen LogP contribution in [0, 0.1) is 5.92 Å². The summed E-state index contributed by atoms with van der Waals surface area (Å²) in [6.45, 7) is 11.6. The molecule has 1 atom stereocenters. The Bertz CT molecular complexity index is 93.8. The Morgan fingerprint density at radius 3 is 2.42 bits per heavy atom. The minimum atomic E-state index is 0.346. The van der Waals surface area contributed by atoms with Gasteiger partial charge in [-0.1, -0.05) is 20.8 Å². The number of ether oxygens (including phenoxy) is 1. The van der Waals surface area contributed by atoms with E-state index in [1.54, 1.807) is 0 Å². The van der Waals surface area contributed by atoms with Gasteiger partial charge in [0.1, 0.15) is 0 Å². The van der Waals surface area contributed by atoms with Gasteiger partial charge in [0.15, 0.2) is 0 Å². The Labute approximate surface area is 76.7 Å².